The standard InChI is InChI=1S/C20H33NO4/c1-2-3-4-5-6-11-18(23)12-7-8-13-19(24)14-9-10-15-20(25)21-16-17-22/h7-8,12-13,22H,2-6,9-11,14-17H2,1H3,(H,21,25)/b12-7+,13-8+. The average Bonchev–Trinajstić information content (AvgIpc) is 2.60. The summed E-state index contributed by atoms with van der Waals surface area (Å²) < 4.78 is 0. The normalized spacial score (nSPS) is 11.3. The SMILES string of the molecule is CCCCCCCC(=O)/C=C/C=C/C(=O)CCCCC(=O)NCCO. The van der Waals surface area contributed by atoms with E-state index in [9.17, 15) is 14.4 Å². The van der Waals surface area contributed by atoms with E-state index in [1.54, 1.807) is 12.2 Å². The fourth-order valence-corrected chi connectivity index (χ4v) is 2.26. The molecule has 0 radical (unpaired) electrons. The molecule has 1 amide bonds. The summed E-state index contributed by atoms with van der Waals surface area (Å²) in [5.41, 5.74) is 0. The summed E-state index contributed by atoms with van der Waals surface area (Å²) in [5.74, 6) is -0.0110. The number of hydrogen-bond donors (Lipinski definition) is 2. The van der Waals surface area contributed by atoms with Crippen LogP contribution in [0.15, 0.2) is 24.3 Å². The Morgan fingerprint density at radius 2 is 1.32 bits per heavy atom. The van der Waals surface area contributed by atoms with Crippen LogP contribution in [0, 0.1) is 0 Å². The highest BCUT2D eigenvalue weighted by atomic mass is 16.3. The lowest BCUT2D eigenvalue weighted by Crippen LogP contribution is -2.25. The van der Waals surface area contributed by atoms with E-state index in [1.807, 2.05) is 0 Å². The largest absolute Gasteiger partial charge is 0.395 e. The molecule has 0 fully saturated rings. The molecule has 0 heterocycles. The summed E-state index contributed by atoms with van der Waals surface area (Å²) in [6, 6.07) is 0. The molecule has 0 saturated heterocycles. The minimum Gasteiger partial charge on any atom is -0.395 e. The quantitative estimate of drug-likeness (QED) is 0.254. The minimum atomic E-state index is -0.104. The summed E-state index contributed by atoms with van der Waals surface area (Å²) in [6.07, 6.45) is 14.5. The Labute approximate surface area is 151 Å². The number of nitrogens with one attached hydrogen (secondary N) is 1. The van der Waals surface area contributed by atoms with Crippen molar-refractivity contribution in [1.82, 2.24) is 5.32 Å². The number of allylic oxidation sites excluding steroid dienone is 4. The van der Waals surface area contributed by atoms with Crippen molar-refractivity contribution in [1.29, 1.82) is 0 Å². The van der Waals surface area contributed by atoms with Crippen LogP contribution in [-0.2, 0) is 14.4 Å². The van der Waals surface area contributed by atoms with Crippen molar-refractivity contribution in [2.45, 2.75) is 71.1 Å². The number of carbonyl (C=O) groups excluding carboxylic acids is 3. The second-order valence-corrected chi connectivity index (χ2v) is 6.10. The smallest absolute Gasteiger partial charge is 0.220 e. The number of amides is 1. The van der Waals surface area contributed by atoms with E-state index in [0.29, 0.717) is 32.1 Å². The zero-order valence-corrected chi connectivity index (χ0v) is 15.5. The van der Waals surface area contributed by atoms with Crippen molar-refractivity contribution >= 4 is 17.5 Å². The second-order valence-electron chi connectivity index (χ2n) is 6.10. The lowest BCUT2D eigenvalue weighted by atomic mass is 10.1. The maximum atomic E-state index is 11.6. The van der Waals surface area contributed by atoms with E-state index in [0.717, 1.165) is 12.8 Å². The van der Waals surface area contributed by atoms with E-state index in [-0.39, 0.29) is 30.6 Å². The van der Waals surface area contributed by atoms with Gasteiger partial charge in [0.2, 0.25) is 5.91 Å². The summed E-state index contributed by atoms with van der Waals surface area (Å²) in [6.45, 7) is 2.37. The summed E-state index contributed by atoms with van der Waals surface area (Å²) in [4.78, 5) is 34.5. The molecule has 0 spiro atoms. The van der Waals surface area contributed by atoms with E-state index in [1.165, 1.54) is 31.4 Å². The summed E-state index contributed by atoms with van der Waals surface area (Å²) in [7, 11) is 0. The van der Waals surface area contributed by atoms with Crippen LogP contribution in [0.5, 0.6) is 0 Å². The number of unbranched alkanes of at least 4 members (excludes halogenated alkanes) is 5. The van der Waals surface area contributed by atoms with Gasteiger partial charge in [-0.25, -0.2) is 0 Å². The van der Waals surface area contributed by atoms with Crippen LogP contribution < -0.4 is 5.32 Å². The van der Waals surface area contributed by atoms with Gasteiger partial charge in [-0.1, -0.05) is 44.8 Å². The van der Waals surface area contributed by atoms with Gasteiger partial charge in [0.15, 0.2) is 11.6 Å². The fraction of sp³-hybridized carbons (Fsp3) is 0.650. The zero-order chi connectivity index (χ0) is 18.8. The molecule has 0 aliphatic carbocycles. The Morgan fingerprint density at radius 1 is 0.800 bits per heavy atom. The molecule has 0 aromatic carbocycles. The van der Waals surface area contributed by atoms with E-state index in [2.05, 4.69) is 12.2 Å². The number of aliphatic hydroxyl groups is 1. The van der Waals surface area contributed by atoms with Crippen LogP contribution in [0.25, 0.3) is 0 Å². The first-order chi connectivity index (χ1) is 12.1. The molecule has 0 aliphatic heterocycles. The molecule has 5 heteroatoms. The molecule has 0 aromatic rings. The molecule has 0 bridgehead atoms. The molecule has 0 aliphatic rings. The Morgan fingerprint density at radius 3 is 1.88 bits per heavy atom. The topological polar surface area (TPSA) is 83.5 Å². The Balaban J connectivity index is 3.70. The van der Waals surface area contributed by atoms with Gasteiger partial charge in [0.1, 0.15) is 0 Å². The lowest BCUT2D eigenvalue weighted by molar-refractivity contribution is -0.121. The molecule has 25 heavy (non-hydrogen) atoms. The molecule has 0 aromatic heterocycles. The van der Waals surface area contributed by atoms with Gasteiger partial charge in [-0.15, -0.1) is 0 Å². The van der Waals surface area contributed by atoms with Crippen LogP contribution in [0.2, 0.25) is 0 Å². The molecule has 142 valence electrons. The van der Waals surface area contributed by atoms with Crippen molar-refractivity contribution in [3.05, 3.63) is 24.3 Å². The average molecular weight is 351 g/mol. The molecule has 0 atom stereocenters. The molecule has 0 rings (SSSR count). The first kappa shape index (κ1) is 23.2. The second kappa shape index (κ2) is 17.1. The molecule has 0 unspecified atom stereocenters. The number of hydrogen-bond acceptors (Lipinski definition) is 4. The number of ketones is 2. The maximum Gasteiger partial charge on any atom is 0.220 e. The Kier molecular flexibility index (Phi) is 15.9. The van der Waals surface area contributed by atoms with E-state index >= 15 is 0 Å². The van der Waals surface area contributed by atoms with Gasteiger partial charge in [0, 0.05) is 25.8 Å². The molecule has 2 N–H and O–H groups in total. The molecule has 0 saturated carbocycles. The van der Waals surface area contributed by atoms with Crippen molar-refractivity contribution in [3.8, 4) is 0 Å². The van der Waals surface area contributed by atoms with Crippen LogP contribution in [0.1, 0.15) is 71.1 Å². The van der Waals surface area contributed by atoms with E-state index in [4.69, 9.17) is 5.11 Å². The number of rotatable bonds is 16. The first-order valence-electron chi connectivity index (χ1n) is 9.38. The predicted octanol–water partition coefficient (Wildman–Crippen LogP) is 3.27. The molecular weight excluding hydrogens is 318 g/mol. The third kappa shape index (κ3) is 16.9. The fourth-order valence-electron chi connectivity index (χ4n) is 2.26. The van der Waals surface area contributed by atoms with Gasteiger partial charge in [0.05, 0.1) is 6.61 Å². The zero-order valence-electron chi connectivity index (χ0n) is 15.5. The van der Waals surface area contributed by atoms with Gasteiger partial charge in [-0.05, 0) is 31.4 Å². The van der Waals surface area contributed by atoms with Gasteiger partial charge in [-0.2, -0.15) is 0 Å². The monoisotopic (exact) mass is 351 g/mol. The maximum absolute atomic E-state index is 11.6. The molecule has 5 nitrogen and oxygen atoms in total. The van der Waals surface area contributed by atoms with E-state index < -0.39 is 0 Å². The van der Waals surface area contributed by atoms with Crippen LogP contribution in [0.4, 0.5) is 0 Å². The van der Waals surface area contributed by atoms with Gasteiger partial charge in [-0.3, -0.25) is 14.4 Å². The lowest BCUT2D eigenvalue weighted by Gasteiger charge is -2.02. The number of aliphatic hydroxyl groups excluding tert-OH is 1. The van der Waals surface area contributed by atoms with Gasteiger partial charge >= 0.3 is 0 Å². The van der Waals surface area contributed by atoms with Crippen molar-refractivity contribution < 1.29 is 19.5 Å². The molecular formula is C20H33NO4. The Hall–Kier alpha value is -1.75. The third-order valence-corrected chi connectivity index (χ3v) is 3.71. The first-order valence-corrected chi connectivity index (χ1v) is 9.38. The van der Waals surface area contributed by atoms with Crippen LogP contribution >= 0.6 is 0 Å². The van der Waals surface area contributed by atoms with Crippen molar-refractivity contribution in [2.24, 2.45) is 0 Å². The predicted molar refractivity (Wildman–Crippen MR) is 100 cm³/mol. The number of carbonyl (C=O) groups is 3. The van der Waals surface area contributed by atoms with Crippen LogP contribution in [-0.4, -0.2) is 35.7 Å². The summed E-state index contributed by atoms with van der Waals surface area (Å²) in [5, 5.41) is 11.1. The minimum absolute atomic E-state index is 0.00701. The van der Waals surface area contributed by atoms with Gasteiger partial charge < -0.3 is 10.4 Å². The highest BCUT2D eigenvalue weighted by molar-refractivity contribution is 5.91. The highest BCUT2D eigenvalue weighted by Crippen LogP contribution is 2.06. The van der Waals surface area contributed by atoms with Crippen LogP contribution in [0.3, 0.4) is 0 Å². The Bertz CT molecular complexity index is 441. The summed E-state index contributed by atoms with van der Waals surface area (Å²) >= 11 is 0. The van der Waals surface area contributed by atoms with Crippen molar-refractivity contribution in [2.75, 3.05) is 13.2 Å². The highest BCUT2D eigenvalue weighted by Gasteiger charge is 2.01. The third-order valence-electron chi connectivity index (χ3n) is 3.71. The van der Waals surface area contributed by atoms with Gasteiger partial charge in [0.25, 0.3) is 0 Å². The van der Waals surface area contributed by atoms with Crippen molar-refractivity contribution in [3.63, 3.8) is 0 Å².